The minimum absolute atomic E-state index is 0.0198. The molecule has 2 saturated heterocycles. The molecule has 26 heavy (non-hydrogen) atoms. The summed E-state index contributed by atoms with van der Waals surface area (Å²) in [5.41, 5.74) is 1.30. The zero-order valence-electron chi connectivity index (χ0n) is 14.9. The first-order valence-electron chi connectivity index (χ1n) is 9.70. The van der Waals surface area contributed by atoms with Gasteiger partial charge < -0.3 is 15.5 Å². The smallest absolute Gasteiger partial charge is 0.317 e. The summed E-state index contributed by atoms with van der Waals surface area (Å²) in [5.74, 6) is 1.15. The fraction of sp³-hybridized carbons (Fsp3) is 0.600. The minimum Gasteiger partial charge on any atom is -0.351 e. The molecule has 1 saturated carbocycles. The predicted octanol–water partition coefficient (Wildman–Crippen LogP) is 3.29. The molecular formula is C20H26ClN3O2. The van der Waals surface area contributed by atoms with Crippen LogP contribution < -0.4 is 10.6 Å². The van der Waals surface area contributed by atoms with Crippen molar-refractivity contribution in [3.8, 4) is 0 Å². The SMILES string of the molecule is O=C1CCC(NC(=O)N2CCC(c3ccc(Cl)cc3)CC2)C(C2CC2)N1. The van der Waals surface area contributed by atoms with Crippen molar-refractivity contribution in [1.29, 1.82) is 0 Å². The molecule has 2 N–H and O–H groups in total. The molecular weight excluding hydrogens is 350 g/mol. The summed E-state index contributed by atoms with van der Waals surface area (Å²) in [6.07, 6.45) is 5.52. The van der Waals surface area contributed by atoms with Crippen molar-refractivity contribution in [1.82, 2.24) is 15.5 Å². The van der Waals surface area contributed by atoms with Gasteiger partial charge in [0.2, 0.25) is 5.91 Å². The summed E-state index contributed by atoms with van der Waals surface area (Å²) in [7, 11) is 0. The zero-order valence-corrected chi connectivity index (χ0v) is 15.7. The number of nitrogens with one attached hydrogen (secondary N) is 2. The number of likely N-dealkylation sites (tertiary alicyclic amines) is 1. The Hall–Kier alpha value is -1.75. The van der Waals surface area contributed by atoms with E-state index in [2.05, 4.69) is 22.8 Å². The quantitative estimate of drug-likeness (QED) is 0.851. The average molecular weight is 376 g/mol. The van der Waals surface area contributed by atoms with Gasteiger partial charge in [0.25, 0.3) is 0 Å². The molecule has 2 aliphatic heterocycles. The summed E-state index contributed by atoms with van der Waals surface area (Å²) in [5, 5.41) is 7.04. The molecule has 0 aromatic heterocycles. The van der Waals surface area contributed by atoms with Crippen LogP contribution in [0.25, 0.3) is 0 Å². The zero-order chi connectivity index (χ0) is 18.1. The van der Waals surface area contributed by atoms with Crippen LogP contribution in [0.5, 0.6) is 0 Å². The van der Waals surface area contributed by atoms with E-state index in [0.29, 0.717) is 18.3 Å². The number of urea groups is 1. The van der Waals surface area contributed by atoms with Gasteiger partial charge >= 0.3 is 6.03 Å². The van der Waals surface area contributed by atoms with E-state index in [1.54, 1.807) is 0 Å². The Labute approximate surface area is 159 Å². The lowest BCUT2D eigenvalue weighted by Crippen LogP contribution is -2.58. The Bertz CT molecular complexity index is 666. The van der Waals surface area contributed by atoms with E-state index in [1.807, 2.05) is 17.0 Å². The number of piperidine rings is 2. The highest BCUT2D eigenvalue weighted by Gasteiger charge is 2.41. The maximum absolute atomic E-state index is 12.7. The van der Waals surface area contributed by atoms with Crippen LogP contribution in [0.1, 0.15) is 50.0 Å². The molecule has 3 amide bonds. The van der Waals surface area contributed by atoms with Gasteiger partial charge in [-0.3, -0.25) is 4.79 Å². The largest absolute Gasteiger partial charge is 0.351 e. The molecule has 2 unspecified atom stereocenters. The van der Waals surface area contributed by atoms with E-state index in [-0.39, 0.29) is 24.0 Å². The van der Waals surface area contributed by atoms with Gasteiger partial charge in [-0.2, -0.15) is 0 Å². The number of carbonyl (C=O) groups excluding carboxylic acids is 2. The number of rotatable bonds is 3. The van der Waals surface area contributed by atoms with Crippen molar-refractivity contribution >= 4 is 23.5 Å². The lowest BCUT2D eigenvalue weighted by molar-refractivity contribution is -0.124. The molecule has 3 fully saturated rings. The Morgan fingerprint density at radius 3 is 2.42 bits per heavy atom. The highest BCUT2D eigenvalue weighted by atomic mass is 35.5. The lowest BCUT2D eigenvalue weighted by atomic mass is 9.89. The van der Waals surface area contributed by atoms with Gasteiger partial charge in [-0.15, -0.1) is 0 Å². The van der Waals surface area contributed by atoms with Crippen LogP contribution in [0.4, 0.5) is 4.79 Å². The Kier molecular flexibility index (Phi) is 5.07. The van der Waals surface area contributed by atoms with E-state index >= 15 is 0 Å². The van der Waals surface area contributed by atoms with Crippen LogP contribution in [0.3, 0.4) is 0 Å². The molecule has 1 aliphatic carbocycles. The van der Waals surface area contributed by atoms with Crippen molar-refractivity contribution in [3.05, 3.63) is 34.9 Å². The first-order valence-corrected chi connectivity index (χ1v) is 10.1. The molecule has 0 radical (unpaired) electrons. The number of halogens is 1. The van der Waals surface area contributed by atoms with E-state index in [1.165, 1.54) is 5.56 Å². The summed E-state index contributed by atoms with van der Waals surface area (Å²) in [6.45, 7) is 1.54. The van der Waals surface area contributed by atoms with E-state index in [9.17, 15) is 9.59 Å². The van der Waals surface area contributed by atoms with Crippen molar-refractivity contribution in [2.24, 2.45) is 5.92 Å². The fourth-order valence-corrected chi connectivity index (χ4v) is 4.42. The number of carbonyl (C=O) groups is 2. The molecule has 3 aliphatic rings. The van der Waals surface area contributed by atoms with Crippen LogP contribution in [0.15, 0.2) is 24.3 Å². The van der Waals surface area contributed by atoms with Crippen molar-refractivity contribution in [3.63, 3.8) is 0 Å². The lowest BCUT2D eigenvalue weighted by Gasteiger charge is -2.37. The number of hydrogen-bond donors (Lipinski definition) is 2. The second kappa shape index (κ2) is 7.47. The second-order valence-electron chi connectivity index (χ2n) is 7.84. The molecule has 4 rings (SSSR count). The monoisotopic (exact) mass is 375 g/mol. The third-order valence-electron chi connectivity index (χ3n) is 6.01. The van der Waals surface area contributed by atoms with Gasteiger partial charge in [0, 0.05) is 24.5 Å². The highest BCUT2D eigenvalue weighted by Crippen LogP contribution is 2.36. The second-order valence-corrected chi connectivity index (χ2v) is 8.27. The number of benzene rings is 1. The summed E-state index contributed by atoms with van der Waals surface area (Å²) >= 11 is 5.97. The highest BCUT2D eigenvalue weighted by molar-refractivity contribution is 6.30. The number of hydrogen-bond acceptors (Lipinski definition) is 2. The molecule has 6 heteroatoms. The number of amides is 3. The minimum atomic E-state index is 0.0198. The van der Waals surface area contributed by atoms with Gasteiger partial charge in [-0.1, -0.05) is 23.7 Å². The molecule has 1 aromatic carbocycles. The van der Waals surface area contributed by atoms with Crippen LogP contribution in [-0.2, 0) is 4.79 Å². The molecule has 0 spiro atoms. The van der Waals surface area contributed by atoms with E-state index < -0.39 is 0 Å². The standard InChI is InChI=1S/C20H26ClN3O2/c21-16-5-3-13(4-6-16)14-9-11-24(12-10-14)20(26)22-17-7-8-18(25)23-19(17)15-1-2-15/h3-6,14-15,17,19H,1-2,7-12H2,(H,22,26)(H,23,25). The maximum Gasteiger partial charge on any atom is 0.317 e. The average Bonchev–Trinajstić information content (AvgIpc) is 3.49. The van der Waals surface area contributed by atoms with Crippen LogP contribution in [0, 0.1) is 5.92 Å². The predicted molar refractivity (Wildman–Crippen MR) is 101 cm³/mol. The van der Waals surface area contributed by atoms with Gasteiger partial charge in [-0.05, 0) is 61.6 Å². The van der Waals surface area contributed by atoms with Crippen molar-refractivity contribution in [2.75, 3.05) is 13.1 Å². The summed E-state index contributed by atoms with van der Waals surface area (Å²) in [6, 6.07) is 8.26. The molecule has 2 atom stereocenters. The fourth-order valence-electron chi connectivity index (χ4n) is 4.29. The first-order chi connectivity index (χ1) is 12.6. The van der Waals surface area contributed by atoms with Gasteiger partial charge in [-0.25, -0.2) is 4.79 Å². The summed E-state index contributed by atoms with van der Waals surface area (Å²) < 4.78 is 0. The van der Waals surface area contributed by atoms with Crippen molar-refractivity contribution < 1.29 is 9.59 Å². The number of nitrogens with zero attached hydrogens (tertiary/aromatic N) is 1. The van der Waals surface area contributed by atoms with E-state index in [4.69, 9.17) is 11.6 Å². The summed E-state index contributed by atoms with van der Waals surface area (Å²) in [4.78, 5) is 26.3. The van der Waals surface area contributed by atoms with Crippen LogP contribution in [-0.4, -0.2) is 42.0 Å². The molecule has 140 valence electrons. The van der Waals surface area contributed by atoms with Gasteiger partial charge in [0.15, 0.2) is 0 Å². The Balaban J connectivity index is 1.30. The van der Waals surface area contributed by atoms with Crippen molar-refractivity contribution in [2.45, 2.75) is 56.5 Å². The normalized spacial score (nSPS) is 27.1. The van der Waals surface area contributed by atoms with E-state index in [0.717, 1.165) is 50.2 Å². The maximum atomic E-state index is 12.7. The Morgan fingerprint density at radius 2 is 1.77 bits per heavy atom. The molecule has 2 heterocycles. The van der Waals surface area contributed by atoms with Gasteiger partial charge in [0.1, 0.15) is 0 Å². The molecule has 1 aromatic rings. The molecule has 0 bridgehead atoms. The first kappa shape index (κ1) is 17.7. The third-order valence-corrected chi connectivity index (χ3v) is 6.26. The third kappa shape index (κ3) is 3.98. The van der Waals surface area contributed by atoms with Crippen LogP contribution >= 0.6 is 11.6 Å². The Morgan fingerprint density at radius 1 is 1.08 bits per heavy atom. The van der Waals surface area contributed by atoms with Gasteiger partial charge in [0.05, 0.1) is 12.1 Å². The van der Waals surface area contributed by atoms with Crippen LogP contribution in [0.2, 0.25) is 5.02 Å². The molecule has 5 nitrogen and oxygen atoms in total. The topological polar surface area (TPSA) is 61.4 Å².